The maximum atomic E-state index is 11.2. The van der Waals surface area contributed by atoms with Gasteiger partial charge in [0.15, 0.2) is 0 Å². The van der Waals surface area contributed by atoms with Crippen LogP contribution in [-0.2, 0) is 11.2 Å². The van der Waals surface area contributed by atoms with Crippen LogP contribution in [0, 0.1) is 6.92 Å². The summed E-state index contributed by atoms with van der Waals surface area (Å²) in [5.74, 6) is -0.00874. The van der Waals surface area contributed by atoms with Gasteiger partial charge in [0.05, 0.1) is 6.61 Å². The highest BCUT2D eigenvalue weighted by atomic mass is 16.3. The molecule has 15 heavy (non-hydrogen) atoms. The van der Waals surface area contributed by atoms with Crippen LogP contribution in [0.4, 0.5) is 0 Å². The highest BCUT2D eigenvalue weighted by molar-refractivity contribution is 5.76. The summed E-state index contributed by atoms with van der Waals surface area (Å²) in [7, 11) is 0. The number of hydrogen-bond acceptors (Lipinski definition) is 2. The van der Waals surface area contributed by atoms with Gasteiger partial charge in [-0.2, -0.15) is 0 Å². The average molecular weight is 207 g/mol. The standard InChI is InChI=1S/C12H17NO2/c1-10-3-2-4-11(9-10)5-6-12(15)13-7-8-14/h2-4,9,14H,5-8H2,1H3,(H,13,15). The van der Waals surface area contributed by atoms with Crippen LogP contribution in [0.5, 0.6) is 0 Å². The molecule has 1 amide bonds. The number of carbonyl (C=O) groups excluding carboxylic acids is 1. The van der Waals surface area contributed by atoms with Crippen LogP contribution >= 0.6 is 0 Å². The van der Waals surface area contributed by atoms with Gasteiger partial charge in [0.25, 0.3) is 0 Å². The zero-order valence-corrected chi connectivity index (χ0v) is 8.99. The predicted molar refractivity (Wildman–Crippen MR) is 59.6 cm³/mol. The van der Waals surface area contributed by atoms with Gasteiger partial charge < -0.3 is 10.4 Å². The average Bonchev–Trinajstić information content (AvgIpc) is 2.23. The fourth-order valence-electron chi connectivity index (χ4n) is 1.41. The Morgan fingerprint density at radius 2 is 2.27 bits per heavy atom. The minimum Gasteiger partial charge on any atom is -0.395 e. The molecule has 0 aliphatic rings. The topological polar surface area (TPSA) is 49.3 Å². The molecule has 0 atom stereocenters. The molecule has 0 aromatic heterocycles. The van der Waals surface area contributed by atoms with Crippen molar-refractivity contribution >= 4 is 5.91 Å². The van der Waals surface area contributed by atoms with Crippen molar-refractivity contribution in [2.75, 3.05) is 13.2 Å². The third-order valence-electron chi connectivity index (χ3n) is 2.16. The van der Waals surface area contributed by atoms with Crippen molar-refractivity contribution in [3.05, 3.63) is 35.4 Å². The number of benzene rings is 1. The van der Waals surface area contributed by atoms with Crippen molar-refractivity contribution < 1.29 is 9.90 Å². The van der Waals surface area contributed by atoms with Gasteiger partial charge in [0.2, 0.25) is 5.91 Å². The van der Waals surface area contributed by atoms with E-state index >= 15 is 0 Å². The summed E-state index contributed by atoms with van der Waals surface area (Å²) in [5.41, 5.74) is 2.39. The van der Waals surface area contributed by atoms with E-state index in [4.69, 9.17) is 5.11 Å². The summed E-state index contributed by atoms with van der Waals surface area (Å²) in [6.07, 6.45) is 1.22. The predicted octanol–water partition coefficient (Wildman–Crippen LogP) is 1.04. The lowest BCUT2D eigenvalue weighted by atomic mass is 10.1. The molecule has 0 aliphatic heterocycles. The monoisotopic (exact) mass is 207 g/mol. The first-order valence-corrected chi connectivity index (χ1v) is 5.15. The minimum absolute atomic E-state index is 0.00378. The Kier molecular flexibility index (Phi) is 4.84. The highest BCUT2D eigenvalue weighted by Crippen LogP contribution is 2.06. The smallest absolute Gasteiger partial charge is 0.220 e. The van der Waals surface area contributed by atoms with Crippen molar-refractivity contribution in [3.63, 3.8) is 0 Å². The SMILES string of the molecule is Cc1cccc(CCC(=O)NCCO)c1. The van der Waals surface area contributed by atoms with E-state index in [9.17, 15) is 4.79 Å². The second-order valence-electron chi connectivity index (χ2n) is 3.56. The number of rotatable bonds is 5. The van der Waals surface area contributed by atoms with Gasteiger partial charge in [-0.05, 0) is 18.9 Å². The number of aliphatic hydroxyl groups is 1. The molecule has 1 aromatic carbocycles. The molecular weight excluding hydrogens is 190 g/mol. The van der Waals surface area contributed by atoms with Crippen LogP contribution in [0.1, 0.15) is 17.5 Å². The first kappa shape index (κ1) is 11.7. The summed E-state index contributed by atoms with van der Waals surface area (Å²) in [6, 6.07) is 8.14. The Bertz CT molecular complexity index is 323. The highest BCUT2D eigenvalue weighted by Gasteiger charge is 2.01. The van der Waals surface area contributed by atoms with Crippen LogP contribution in [0.3, 0.4) is 0 Å². The van der Waals surface area contributed by atoms with Crippen LogP contribution in [0.15, 0.2) is 24.3 Å². The van der Waals surface area contributed by atoms with Crippen LogP contribution in [0.25, 0.3) is 0 Å². The molecule has 0 radical (unpaired) electrons. The van der Waals surface area contributed by atoms with Gasteiger partial charge in [0, 0.05) is 13.0 Å². The fraction of sp³-hybridized carbons (Fsp3) is 0.417. The van der Waals surface area contributed by atoms with Gasteiger partial charge in [-0.3, -0.25) is 4.79 Å². The molecule has 3 heteroatoms. The fourth-order valence-corrected chi connectivity index (χ4v) is 1.41. The molecule has 0 unspecified atom stereocenters. The largest absolute Gasteiger partial charge is 0.395 e. The Morgan fingerprint density at radius 1 is 1.47 bits per heavy atom. The number of nitrogens with one attached hydrogen (secondary N) is 1. The molecule has 0 heterocycles. The first-order chi connectivity index (χ1) is 7.22. The quantitative estimate of drug-likeness (QED) is 0.757. The molecule has 1 aromatic rings. The van der Waals surface area contributed by atoms with Crippen LogP contribution < -0.4 is 5.32 Å². The summed E-state index contributed by atoms with van der Waals surface area (Å²) >= 11 is 0. The molecule has 0 bridgehead atoms. The molecule has 0 saturated carbocycles. The molecule has 0 saturated heterocycles. The van der Waals surface area contributed by atoms with E-state index in [0.717, 1.165) is 6.42 Å². The van der Waals surface area contributed by atoms with E-state index in [1.807, 2.05) is 25.1 Å². The summed E-state index contributed by atoms with van der Waals surface area (Å²) in [6.45, 7) is 2.37. The zero-order chi connectivity index (χ0) is 11.1. The van der Waals surface area contributed by atoms with Gasteiger partial charge in [0.1, 0.15) is 0 Å². The Morgan fingerprint density at radius 3 is 2.93 bits per heavy atom. The number of aryl methyl sites for hydroxylation is 2. The van der Waals surface area contributed by atoms with Crippen LogP contribution in [0.2, 0.25) is 0 Å². The number of carbonyl (C=O) groups is 1. The molecule has 0 aliphatic carbocycles. The third kappa shape index (κ3) is 4.61. The van der Waals surface area contributed by atoms with Crippen molar-refractivity contribution in [3.8, 4) is 0 Å². The maximum absolute atomic E-state index is 11.2. The number of hydrogen-bond donors (Lipinski definition) is 2. The summed E-state index contributed by atoms with van der Waals surface area (Å²) in [4.78, 5) is 11.2. The van der Waals surface area contributed by atoms with Crippen molar-refractivity contribution in [2.24, 2.45) is 0 Å². The Balaban J connectivity index is 2.33. The Labute approximate surface area is 90.1 Å². The maximum Gasteiger partial charge on any atom is 0.220 e. The first-order valence-electron chi connectivity index (χ1n) is 5.15. The van der Waals surface area contributed by atoms with Crippen LogP contribution in [-0.4, -0.2) is 24.2 Å². The number of aliphatic hydroxyl groups excluding tert-OH is 1. The molecular formula is C12H17NO2. The molecule has 1 rings (SSSR count). The van der Waals surface area contributed by atoms with E-state index < -0.39 is 0 Å². The van der Waals surface area contributed by atoms with E-state index in [1.165, 1.54) is 11.1 Å². The molecule has 2 N–H and O–H groups in total. The van der Waals surface area contributed by atoms with Gasteiger partial charge >= 0.3 is 0 Å². The van der Waals surface area contributed by atoms with Gasteiger partial charge in [-0.15, -0.1) is 0 Å². The number of amides is 1. The lowest BCUT2D eigenvalue weighted by molar-refractivity contribution is -0.121. The van der Waals surface area contributed by atoms with Gasteiger partial charge in [-0.1, -0.05) is 29.8 Å². The molecule has 0 spiro atoms. The normalized spacial score (nSPS) is 10.0. The van der Waals surface area contributed by atoms with E-state index in [2.05, 4.69) is 11.4 Å². The van der Waals surface area contributed by atoms with Crippen molar-refractivity contribution in [1.82, 2.24) is 5.32 Å². The lowest BCUT2D eigenvalue weighted by Gasteiger charge is -2.04. The summed E-state index contributed by atoms with van der Waals surface area (Å²) in [5, 5.41) is 11.2. The summed E-state index contributed by atoms with van der Waals surface area (Å²) < 4.78 is 0. The van der Waals surface area contributed by atoms with E-state index in [-0.39, 0.29) is 12.5 Å². The third-order valence-corrected chi connectivity index (χ3v) is 2.16. The van der Waals surface area contributed by atoms with E-state index in [1.54, 1.807) is 0 Å². The molecule has 0 fully saturated rings. The van der Waals surface area contributed by atoms with Gasteiger partial charge in [-0.25, -0.2) is 0 Å². The van der Waals surface area contributed by atoms with Crippen molar-refractivity contribution in [1.29, 1.82) is 0 Å². The zero-order valence-electron chi connectivity index (χ0n) is 8.99. The second-order valence-corrected chi connectivity index (χ2v) is 3.56. The molecule has 82 valence electrons. The molecule has 3 nitrogen and oxygen atoms in total. The second kappa shape index (κ2) is 6.19. The van der Waals surface area contributed by atoms with Crippen molar-refractivity contribution in [2.45, 2.75) is 19.8 Å². The lowest BCUT2D eigenvalue weighted by Crippen LogP contribution is -2.26. The minimum atomic E-state index is -0.00874. The van der Waals surface area contributed by atoms with E-state index in [0.29, 0.717) is 13.0 Å². The Hall–Kier alpha value is -1.35.